The number of benzene rings is 2. The van der Waals surface area contributed by atoms with Crippen molar-refractivity contribution >= 4 is 35.1 Å². The highest BCUT2D eigenvalue weighted by Gasteiger charge is 2.35. The first-order chi connectivity index (χ1) is 18.6. The van der Waals surface area contributed by atoms with Gasteiger partial charge in [-0.25, -0.2) is 0 Å². The highest BCUT2D eigenvalue weighted by atomic mass is 35.5. The summed E-state index contributed by atoms with van der Waals surface area (Å²) in [6.07, 6.45) is 12.3. The van der Waals surface area contributed by atoms with E-state index in [2.05, 4.69) is 41.7 Å². The molecule has 38 heavy (non-hydrogen) atoms. The fourth-order valence-electron chi connectivity index (χ4n) is 6.49. The molecule has 4 atom stereocenters. The maximum absolute atomic E-state index is 13.2. The summed E-state index contributed by atoms with van der Waals surface area (Å²) in [5.41, 5.74) is 4.47. The molecule has 0 radical (unpaired) electrons. The van der Waals surface area contributed by atoms with Crippen molar-refractivity contribution in [1.82, 2.24) is 4.72 Å². The lowest BCUT2D eigenvalue weighted by atomic mass is 9.70. The van der Waals surface area contributed by atoms with Crippen molar-refractivity contribution in [2.24, 2.45) is 11.8 Å². The number of ether oxygens (including phenoxy) is 1. The minimum Gasteiger partial charge on any atom is -0.491 e. The second-order valence-corrected chi connectivity index (χ2v) is 13.0. The first kappa shape index (κ1) is 27.7. The van der Waals surface area contributed by atoms with Gasteiger partial charge >= 0.3 is 0 Å². The van der Waals surface area contributed by atoms with Crippen LogP contribution in [0.3, 0.4) is 0 Å². The Morgan fingerprint density at radius 1 is 1.00 bits per heavy atom. The van der Waals surface area contributed by atoms with Gasteiger partial charge in [-0.2, -0.15) is 0 Å². The molecule has 4 unspecified atom stereocenters. The van der Waals surface area contributed by atoms with Crippen LogP contribution in [0.1, 0.15) is 99.0 Å². The molecule has 0 saturated heterocycles. The molecule has 1 saturated carbocycles. The minimum atomic E-state index is -0.00598. The molecule has 5 rings (SSSR count). The van der Waals surface area contributed by atoms with Crippen molar-refractivity contribution in [2.45, 2.75) is 89.2 Å². The largest absolute Gasteiger partial charge is 0.491 e. The standard InChI is InChI=1S/C32H43ClN2O2S/c1-3-8-23-17-27(33)14-15-29(23)26-20-35-19-25-12-11-22(25)9-6-5-7-10-28(4-2)38-34-32(36)24-13-16-31(37-21-26)30(35)18-24/h13-18,22,25-26,28H,3-12,19-21H2,1-2H3,(H,34,36). The number of nitrogens with zero attached hydrogens (tertiary/aromatic N) is 1. The number of anilines is 1. The molecule has 206 valence electrons. The first-order valence-electron chi connectivity index (χ1n) is 14.8. The Kier molecular flexibility index (Phi) is 9.48. The molecule has 2 aliphatic heterocycles. The maximum Gasteiger partial charge on any atom is 0.261 e. The Hall–Kier alpha value is -1.85. The summed E-state index contributed by atoms with van der Waals surface area (Å²) < 4.78 is 9.64. The average molecular weight is 555 g/mol. The average Bonchev–Trinajstić information content (AvgIpc) is 3.09. The molecule has 4 nitrogen and oxygen atoms in total. The van der Waals surface area contributed by atoms with Crippen molar-refractivity contribution in [1.29, 1.82) is 0 Å². The zero-order valence-electron chi connectivity index (χ0n) is 23.0. The number of carbonyl (C=O) groups excluding carboxylic acids is 1. The van der Waals surface area contributed by atoms with Crippen LogP contribution in [0.5, 0.6) is 5.75 Å². The smallest absolute Gasteiger partial charge is 0.261 e. The van der Waals surface area contributed by atoms with Crippen LogP contribution < -0.4 is 14.4 Å². The van der Waals surface area contributed by atoms with E-state index < -0.39 is 0 Å². The molecule has 1 N–H and O–H groups in total. The van der Waals surface area contributed by atoms with Gasteiger partial charge in [0.25, 0.3) is 5.91 Å². The lowest BCUT2D eigenvalue weighted by Crippen LogP contribution is -2.40. The number of halogens is 1. The van der Waals surface area contributed by atoms with Crippen LogP contribution in [0.15, 0.2) is 36.4 Å². The van der Waals surface area contributed by atoms with Gasteiger partial charge in [-0.1, -0.05) is 63.6 Å². The number of aryl methyl sites for hydroxylation is 1. The van der Waals surface area contributed by atoms with Gasteiger partial charge in [0, 0.05) is 34.8 Å². The molecule has 2 bridgehead atoms. The van der Waals surface area contributed by atoms with E-state index >= 15 is 0 Å². The van der Waals surface area contributed by atoms with Crippen LogP contribution in [0.25, 0.3) is 0 Å². The summed E-state index contributed by atoms with van der Waals surface area (Å²) in [6, 6.07) is 12.4. The van der Waals surface area contributed by atoms with E-state index in [-0.39, 0.29) is 11.8 Å². The van der Waals surface area contributed by atoms with E-state index in [9.17, 15) is 4.79 Å². The summed E-state index contributed by atoms with van der Waals surface area (Å²) in [5, 5.41) is 1.28. The third-order valence-corrected chi connectivity index (χ3v) is 10.4. The monoisotopic (exact) mass is 554 g/mol. The third-order valence-electron chi connectivity index (χ3n) is 8.91. The summed E-state index contributed by atoms with van der Waals surface area (Å²) in [6.45, 7) is 7.01. The zero-order chi connectivity index (χ0) is 26.5. The van der Waals surface area contributed by atoms with E-state index in [1.807, 2.05) is 18.2 Å². The second kappa shape index (κ2) is 13.0. The molecule has 3 aliphatic rings. The van der Waals surface area contributed by atoms with Crippen LogP contribution in [0.4, 0.5) is 5.69 Å². The zero-order valence-corrected chi connectivity index (χ0v) is 24.6. The van der Waals surface area contributed by atoms with Gasteiger partial charge in [0.2, 0.25) is 0 Å². The van der Waals surface area contributed by atoms with E-state index in [1.165, 1.54) is 56.1 Å². The Labute approximate surface area is 238 Å². The van der Waals surface area contributed by atoms with Gasteiger partial charge in [-0.15, -0.1) is 0 Å². The normalized spacial score (nSPS) is 26.4. The van der Waals surface area contributed by atoms with Crippen LogP contribution in [0, 0.1) is 11.8 Å². The molecular weight excluding hydrogens is 512 g/mol. The summed E-state index contributed by atoms with van der Waals surface area (Å²) in [4.78, 5) is 15.7. The number of amides is 1. The van der Waals surface area contributed by atoms with E-state index in [0.29, 0.717) is 23.3 Å². The maximum atomic E-state index is 13.2. The van der Waals surface area contributed by atoms with Gasteiger partial charge in [-0.3, -0.25) is 9.52 Å². The fourth-order valence-corrected chi connectivity index (χ4v) is 7.53. The lowest BCUT2D eigenvalue weighted by Gasteiger charge is -2.41. The summed E-state index contributed by atoms with van der Waals surface area (Å²) in [5.74, 6) is 2.68. The lowest BCUT2D eigenvalue weighted by molar-refractivity contribution is 0.0984. The molecule has 6 heteroatoms. The highest BCUT2D eigenvalue weighted by Crippen LogP contribution is 2.43. The molecule has 2 aromatic carbocycles. The highest BCUT2D eigenvalue weighted by molar-refractivity contribution is 7.98. The third kappa shape index (κ3) is 6.47. The van der Waals surface area contributed by atoms with E-state index in [0.717, 1.165) is 54.7 Å². The predicted octanol–water partition coefficient (Wildman–Crippen LogP) is 8.42. The quantitative estimate of drug-likeness (QED) is 0.385. The minimum absolute atomic E-state index is 0.00598. The molecule has 1 amide bonds. The Morgan fingerprint density at radius 3 is 2.63 bits per heavy atom. The van der Waals surface area contributed by atoms with Crippen LogP contribution in [-0.2, 0) is 6.42 Å². The second-order valence-electron chi connectivity index (χ2n) is 11.5. The Morgan fingerprint density at radius 2 is 1.84 bits per heavy atom. The van der Waals surface area contributed by atoms with E-state index in [4.69, 9.17) is 16.3 Å². The van der Waals surface area contributed by atoms with Crippen molar-refractivity contribution in [3.63, 3.8) is 0 Å². The molecule has 0 spiro atoms. The van der Waals surface area contributed by atoms with E-state index in [1.54, 1.807) is 11.9 Å². The molecule has 2 heterocycles. The first-order valence-corrected chi connectivity index (χ1v) is 16.1. The molecule has 1 fully saturated rings. The predicted molar refractivity (Wildman–Crippen MR) is 161 cm³/mol. The number of carbonyl (C=O) groups is 1. The van der Waals surface area contributed by atoms with Crippen LogP contribution >= 0.6 is 23.5 Å². The fraction of sp³-hybridized carbons (Fsp3) is 0.594. The van der Waals surface area contributed by atoms with Gasteiger partial charge < -0.3 is 9.64 Å². The Balaban J connectivity index is 1.46. The van der Waals surface area contributed by atoms with Crippen molar-refractivity contribution in [3.05, 3.63) is 58.1 Å². The SMILES string of the molecule is CCCc1cc(Cl)ccc1C1COc2ccc3cc2N(C1)CC1CCC1CCCCCC(CC)SNC3=O. The molecule has 0 aromatic heterocycles. The number of hydrogen-bond acceptors (Lipinski definition) is 4. The molecular formula is C32H43ClN2O2S. The molecule has 1 aliphatic carbocycles. The topological polar surface area (TPSA) is 41.6 Å². The van der Waals surface area contributed by atoms with Gasteiger partial charge in [0.15, 0.2) is 0 Å². The summed E-state index contributed by atoms with van der Waals surface area (Å²) in [7, 11) is 0. The van der Waals surface area contributed by atoms with Gasteiger partial charge in [0.1, 0.15) is 5.75 Å². The number of rotatable bonds is 4. The van der Waals surface area contributed by atoms with Crippen LogP contribution in [-0.4, -0.2) is 30.9 Å². The number of hydrogen-bond donors (Lipinski definition) is 1. The Bertz CT molecular complexity index is 1110. The number of nitrogens with one attached hydrogen (secondary N) is 1. The van der Waals surface area contributed by atoms with Gasteiger partial charge in [0.05, 0.1) is 12.3 Å². The molecule has 2 aromatic rings. The van der Waals surface area contributed by atoms with Crippen molar-refractivity contribution in [2.75, 3.05) is 24.6 Å². The summed E-state index contributed by atoms with van der Waals surface area (Å²) >= 11 is 8.01. The van der Waals surface area contributed by atoms with Gasteiger partial charge in [-0.05, 0) is 97.3 Å². The van der Waals surface area contributed by atoms with Crippen molar-refractivity contribution in [3.8, 4) is 5.75 Å². The van der Waals surface area contributed by atoms with Crippen molar-refractivity contribution < 1.29 is 9.53 Å². The number of fused-ring (bicyclic) bond motifs is 2. The van der Waals surface area contributed by atoms with Crippen LogP contribution in [0.2, 0.25) is 5.02 Å².